The molecule has 6 heteroatoms. The minimum Gasteiger partial charge on any atom is -0.364 e. The predicted octanol–water partition coefficient (Wildman–Crippen LogP) is 2.21. The lowest BCUT2D eigenvalue weighted by Crippen LogP contribution is -2.24. The third-order valence-corrected chi connectivity index (χ3v) is 3.62. The fourth-order valence-electron chi connectivity index (χ4n) is 2.52. The van der Waals surface area contributed by atoms with Gasteiger partial charge in [-0.25, -0.2) is 0 Å². The molecule has 0 bridgehead atoms. The molecule has 1 aromatic heterocycles. The van der Waals surface area contributed by atoms with E-state index >= 15 is 0 Å². The molecular formula is C13H16ClN5. The molecule has 0 saturated carbocycles. The topological polar surface area (TPSA) is 46.8 Å². The Hall–Kier alpha value is -1.62. The van der Waals surface area contributed by atoms with E-state index in [2.05, 4.69) is 32.4 Å². The smallest absolute Gasteiger partial charge is 0.193 e. The van der Waals surface area contributed by atoms with Crippen molar-refractivity contribution in [1.82, 2.24) is 20.2 Å². The first-order valence-electron chi connectivity index (χ1n) is 6.48. The number of nitrogens with zero attached hydrogens (tertiary/aromatic N) is 5. The third-order valence-electron chi connectivity index (χ3n) is 3.39. The number of hydrogen-bond acceptors (Lipinski definition) is 4. The Balaban J connectivity index is 1.89. The molecule has 1 aliphatic heterocycles. The number of fused-ring (bicyclic) bond motifs is 1. The van der Waals surface area contributed by atoms with Crippen molar-refractivity contribution in [3.8, 4) is 0 Å². The van der Waals surface area contributed by atoms with Gasteiger partial charge in [0, 0.05) is 17.3 Å². The maximum Gasteiger partial charge on any atom is 0.193 e. The predicted molar refractivity (Wildman–Crippen MR) is 74.2 cm³/mol. The van der Waals surface area contributed by atoms with E-state index in [0.717, 1.165) is 23.8 Å². The first-order chi connectivity index (χ1) is 9.22. The summed E-state index contributed by atoms with van der Waals surface area (Å²) in [6.07, 6.45) is 3.45. The molecule has 0 spiro atoms. The Morgan fingerprint density at radius 3 is 3.00 bits per heavy atom. The fraction of sp³-hybridized carbons (Fsp3) is 0.462. The molecule has 0 fully saturated rings. The van der Waals surface area contributed by atoms with Crippen LogP contribution in [0.5, 0.6) is 0 Å². The first kappa shape index (κ1) is 12.4. The van der Waals surface area contributed by atoms with Gasteiger partial charge in [-0.3, -0.25) is 0 Å². The average Bonchev–Trinajstić information content (AvgIpc) is 2.68. The molecule has 3 rings (SSSR count). The van der Waals surface area contributed by atoms with E-state index in [-0.39, 0.29) is 0 Å². The summed E-state index contributed by atoms with van der Waals surface area (Å²) in [6.45, 7) is 1.72. The summed E-state index contributed by atoms with van der Waals surface area (Å²) in [5.41, 5.74) is 2.56. The number of benzene rings is 1. The van der Waals surface area contributed by atoms with Crippen molar-refractivity contribution in [3.63, 3.8) is 0 Å². The van der Waals surface area contributed by atoms with E-state index in [1.165, 1.54) is 28.9 Å². The molecule has 0 N–H and O–H groups in total. The van der Waals surface area contributed by atoms with Gasteiger partial charge in [-0.15, -0.1) is 10.2 Å². The van der Waals surface area contributed by atoms with Crippen molar-refractivity contribution in [2.75, 3.05) is 11.4 Å². The van der Waals surface area contributed by atoms with Gasteiger partial charge in [0.25, 0.3) is 0 Å². The number of hydrogen-bond donors (Lipinski definition) is 0. The van der Waals surface area contributed by atoms with Gasteiger partial charge in [0.2, 0.25) is 0 Å². The van der Waals surface area contributed by atoms with Crippen LogP contribution in [0.3, 0.4) is 0 Å². The van der Waals surface area contributed by atoms with Gasteiger partial charge >= 0.3 is 0 Å². The van der Waals surface area contributed by atoms with Crippen LogP contribution in [0, 0.1) is 0 Å². The Morgan fingerprint density at radius 1 is 1.32 bits per heavy atom. The zero-order chi connectivity index (χ0) is 13.2. The standard InChI is InChI=1S/C13H16ClN5/c1-18-16-13(15-17-18)9-19-7-3-2-4-10-8-11(14)5-6-12(10)19/h5-6,8H,2-4,7,9H2,1H3. The molecule has 5 nitrogen and oxygen atoms in total. The molecule has 0 saturated heterocycles. The van der Waals surface area contributed by atoms with Crippen LogP contribution in [0.1, 0.15) is 24.2 Å². The zero-order valence-corrected chi connectivity index (χ0v) is 11.6. The van der Waals surface area contributed by atoms with Gasteiger partial charge in [-0.2, -0.15) is 4.80 Å². The van der Waals surface area contributed by atoms with E-state index in [4.69, 9.17) is 11.6 Å². The van der Waals surface area contributed by atoms with Crippen molar-refractivity contribution in [3.05, 3.63) is 34.6 Å². The zero-order valence-electron chi connectivity index (χ0n) is 10.9. The van der Waals surface area contributed by atoms with Gasteiger partial charge in [0.15, 0.2) is 5.82 Å². The summed E-state index contributed by atoms with van der Waals surface area (Å²) in [6, 6.07) is 6.11. The first-order valence-corrected chi connectivity index (χ1v) is 6.86. The van der Waals surface area contributed by atoms with Crippen molar-refractivity contribution in [1.29, 1.82) is 0 Å². The Labute approximate surface area is 117 Å². The van der Waals surface area contributed by atoms with E-state index in [9.17, 15) is 0 Å². The summed E-state index contributed by atoms with van der Waals surface area (Å²) >= 11 is 6.08. The molecule has 0 radical (unpaired) electrons. The van der Waals surface area contributed by atoms with Crippen molar-refractivity contribution in [2.24, 2.45) is 7.05 Å². The number of aromatic nitrogens is 4. The largest absolute Gasteiger partial charge is 0.364 e. The molecule has 1 aliphatic rings. The molecule has 100 valence electrons. The molecule has 19 heavy (non-hydrogen) atoms. The third kappa shape index (κ3) is 2.71. The van der Waals surface area contributed by atoms with Gasteiger partial charge in [0.1, 0.15) is 0 Å². The molecule has 2 aromatic rings. The van der Waals surface area contributed by atoms with Crippen molar-refractivity contribution < 1.29 is 0 Å². The molecule has 2 heterocycles. The van der Waals surface area contributed by atoms with Gasteiger partial charge in [-0.1, -0.05) is 11.6 Å². The number of tetrazole rings is 1. The van der Waals surface area contributed by atoms with E-state index < -0.39 is 0 Å². The molecular weight excluding hydrogens is 262 g/mol. The molecule has 0 unspecified atom stereocenters. The van der Waals surface area contributed by atoms with E-state index in [1.807, 2.05) is 6.07 Å². The van der Waals surface area contributed by atoms with Crippen LogP contribution < -0.4 is 4.90 Å². The normalized spacial score (nSPS) is 15.2. The van der Waals surface area contributed by atoms with Gasteiger partial charge in [-0.05, 0) is 48.2 Å². The van der Waals surface area contributed by atoms with E-state index in [0.29, 0.717) is 6.54 Å². The number of anilines is 1. The van der Waals surface area contributed by atoms with Crippen LogP contribution in [-0.4, -0.2) is 26.8 Å². The van der Waals surface area contributed by atoms with Gasteiger partial charge in [0.05, 0.1) is 13.6 Å². The summed E-state index contributed by atoms with van der Waals surface area (Å²) < 4.78 is 0. The minimum atomic E-state index is 0.697. The number of rotatable bonds is 2. The van der Waals surface area contributed by atoms with Crippen LogP contribution >= 0.6 is 11.6 Å². The average molecular weight is 278 g/mol. The van der Waals surface area contributed by atoms with Crippen LogP contribution in [-0.2, 0) is 20.0 Å². The lowest BCUT2D eigenvalue weighted by atomic mass is 10.1. The highest BCUT2D eigenvalue weighted by atomic mass is 35.5. The second-order valence-corrected chi connectivity index (χ2v) is 5.28. The molecule has 0 amide bonds. The lowest BCUT2D eigenvalue weighted by Gasteiger charge is -2.23. The molecule has 0 aliphatic carbocycles. The highest BCUT2D eigenvalue weighted by Crippen LogP contribution is 2.29. The van der Waals surface area contributed by atoms with E-state index in [1.54, 1.807) is 7.05 Å². The Kier molecular flexibility index (Phi) is 3.38. The second kappa shape index (κ2) is 5.17. The second-order valence-electron chi connectivity index (χ2n) is 4.85. The SMILES string of the molecule is Cn1nnc(CN2CCCCc3cc(Cl)ccc32)n1. The molecule has 0 atom stereocenters. The maximum absolute atomic E-state index is 6.08. The number of halogens is 1. The maximum atomic E-state index is 6.08. The van der Waals surface area contributed by atoms with Crippen LogP contribution in [0.2, 0.25) is 5.02 Å². The quantitative estimate of drug-likeness (QED) is 0.844. The summed E-state index contributed by atoms with van der Waals surface area (Å²) in [5.74, 6) is 0.755. The van der Waals surface area contributed by atoms with Crippen LogP contribution in [0.25, 0.3) is 0 Å². The summed E-state index contributed by atoms with van der Waals surface area (Å²) in [5, 5.41) is 13.0. The fourth-order valence-corrected chi connectivity index (χ4v) is 2.72. The highest BCUT2D eigenvalue weighted by Gasteiger charge is 2.17. The van der Waals surface area contributed by atoms with Gasteiger partial charge < -0.3 is 4.90 Å². The van der Waals surface area contributed by atoms with Crippen LogP contribution in [0.4, 0.5) is 5.69 Å². The lowest BCUT2D eigenvalue weighted by molar-refractivity contribution is 0.625. The number of aryl methyl sites for hydroxylation is 2. The monoisotopic (exact) mass is 277 g/mol. The Morgan fingerprint density at radius 2 is 2.21 bits per heavy atom. The minimum absolute atomic E-state index is 0.697. The Bertz CT molecular complexity index is 580. The highest BCUT2D eigenvalue weighted by molar-refractivity contribution is 6.30. The van der Waals surface area contributed by atoms with Crippen molar-refractivity contribution in [2.45, 2.75) is 25.8 Å². The molecule has 1 aromatic carbocycles. The van der Waals surface area contributed by atoms with Crippen molar-refractivity contribution >= 4 is 17.3 Å². The summed E-state index contributed by atoms with van der Waals surface area (Å²) in [4.78, 5) is 3.81. The van der Waals surface area contributed by atoms with Crippen LogP contribution in [0.15, 0.2) is 18.2 Å². The summed E-state index contributed by atoms with van der Waals surface area (Å²) in [7, 11) is 1.78.